The highest BCUT2D eigenvalue weighted by atomic mass is 32.2. The minimum Gasteiger partial charge on any atom is -0.389 e. The highest BCUT2D eigenvalue weighted by Gasteiger charge is 2.31. The predicted molar refractivity (Wildman–Crippen MR) is 81.1 cm³/mol. The van der Waals surface area contributed by atoms with Crippen molar-refractivity contribution in [2.24, 2.45) is 5.73 Å². The smallest absolute Gasteiger partial charge is 0.252 e. The lowest BCUT2D eigenvalue weighted by molar-refractivity contribution is 0.160. The third-order valence-electron chi connectivity index (χ3n) is 3.34. The summed E-state index contributed by atoms with van der Waals surface area (Å²) in [6.07, 6.45) is 0. The maximum atomic E-state index is 12.5. The summed E-state index contributed by atoms with van der Waals surface area (Å²) >= 11 is 6.00. The van der Waals surface area contributed by atoms with Crippen LogP contribution in [0.4, 0.5) is 0 Å². The standard InChI is InChI=1S/C11H17N3O2S3/c1-8-7-14(6-5-13(8)2)19(15,16)10-4-3-9(18-10)11(12)17/h3-4,8H,5-7H2,1-2H3,(H2,12,17). The molecule has 5 nitrogen and oxygen atoms in total. The van der Waals surface area contributed by atoms with Gasteiger partial charge in [0.2, 0.25) is 0 Å². The summed E-state index contributed by atoms with van der Waals surface area (Å²) < 4.78 is 26.9. The summed E-state index contributed by atoms with van der Waals surface area (Å²) in [4.78, 5) is 3.02. The Morgan fingerprint density at radius 2 is 2.16 bits per heavy atom. The molecule has 0 bridgehead atoms. The van der Waals surface area contributed by atoms with E-state index in [-0.39, 0.29) is 11.0 Å². The van der Waals surface area contributed by atoms with Gasteiger partial charge in [-0.2, -0.15) is 4.31 Å². The van der Waals surface area contributed by atoms with Crippen LogP contribution in [0, 0.1) is 0 Å². The fourth-order valence-corrected chi connectivity index (χ4v) is 4.97. The van der Waals surface area contributed by atoms with Crippen LogP contribution in [0.25, 0.3) is 0 Å². The number of sulfonamides is 1. The van der Waals surface area contributed by atoms with E-state index >= 15 is 0 Å². The molecule has 19 heavy (non-hydrogen) atoms. The van der Waals surface area contributed by atoms with Crippen LogP contribution in [0.3, 0.4) is 0 Å². The number of nitrogens with two attached hydrogens (primary N) is 1. The van der Waals surface area contributed by atoms with Crippen LogP contribution in [-0.2, 0) is 10.0 Å². The Kier molecular flexibility index (Phi) is 4.26. The minimum absolute atomic E-state index is 0.221. The lowest BCUT2D eigenvalue weighted by Gasteiger charge is -2.36. The van der Waals surface area contributed by atoms with Gasteiger partial charge in [-0.05, 0) is 26.1 Å². The second-order valence-electron chi connectivity index (χ2n) is 4.68. The Morgan fingerprint density at radius 3 is 2.68 bits per heavy atom. The molecule has 0 amide bonds. The van der Waals surface area contributed by atoms with Crippen LogP contribution in [0.1, 0.15) is 11.8 Å². The van der Waals surface area contributed by atoms with Crippen molar-refractivity contribution in [3.63, 3.8) is 0 Å². The molecule has 1 aliphatic rings. The van der Waals surface area contributed by atoms with Gasteiger partial charge in [0.15, 0.2) is 0 Å². The zero-order valence-corrected chi connectivity index (χ0v) is 13.3. The summed E-state index contributed by atoms with van der Waals surface area (Å²) in [5.41, 5.74) is 5.52. The number of thiophene rings is 1. The molecular weight excluding hydrogens is 302 g/mol. The molecule has 1 aromatic rings. The van der Waals surface area contributed by atoms with Crippen molar-refractivity contribution in [3.05, 3.63) is 17.0 Å². The van der Waals surface area contributed by atoms with E-state index in [1.807, 2.05) is 14.0 Å². The zero-order chi connectivity index (χ0) is 14.2. The lowest BCUT2D eigenvalue weighted by Crippen LogP contribution is -2.51. The summed E-state index contributed by atoms with van der Waals surface area (Å²) in [5, 5.41) is 0. The summed E-state index contributed by atoms with van der Waals surface area (Å²) in [5.74, 6) is 0. The van der Waals surface area contributed by atoms with Gasteiger partial charge in [0.25, 0.3) is 10.0 Å². The van der Waals surface area contributed by atoms with Crippen molar-refractivity contribution in [1.29, 1.82) is 0 Å². The number of rotatable bonds is 3. The molecule has 8 heteroatoms. The topological polar surface area (TPSA) is 66.6 Å². The largest absolute Gasteiger partial charge is 0.389 e. The molecule has 0 aliphatic carbocycles. The van der Waals surface area contributed by atoms with Crippen molar-refractivity contribution < 1.29 is 8.42 Å². The van der Waals surface area contributed by atoms with Gasteiger partial charge in [0.1, 0.15) is 9.20 Å². The van der Waals surface area contributed by atoms with Gasteiger partial charge in [0.05, 0.1) is 4.88 Å². The first-order chi connectivity index (χ1) is 8.82. The molecule has 2 heterocycles. The lowest BCUT2D eigenvalue weighted by atomic mass is 10.2. The molecule has 0 aromatic carbocycles. The Morgan fingerprint density at radius 1 is 1.47 bits per heavy atom. The second kappa shape index (κ2) is 5.45. The van der Waals surface area contributed by atoms with E-state index in [1.165, 1.54) is 4.31 Å². The van der Waals surface area contributed by atoms with E-state index in [0.29, 0.717) is 22.2 Å². The normalized spacial score (nSPS) is 22.5. The van der Waals surface area contributed by atoms with Gasteiger partial charge in [-0.1, -0.05) is 12.2 Å². The fourth-order valence-electron chi connectivity index (χ4n) is 1.95. The van der Waals surface area contributed by atoms with Crippen molar-refractivity contribution in [3.8, 4) is 0 Å². The molecule has 106 valence electrons. The Hall–Kier alpha value is -0.540. The third-order valence-corrected chi connectivity index (χ3v) is 7.14. The number of nitrogens with zero attached hydrogens (tertiary/aromatic N) is 2. The first-order valence-corrected chi connectivity index (χ1v) is 8.59. The number of hydrogen-bond donors (Lipinski definition) is 1. The van der Waals surface area contributed by atoms with Crippen LogP contribution >= 0.6 is 23.6 Å². The SMILES string of the molecule is CC1CN(S(=O)(=O)c2ccc(C(N)=S)s2)CCN1C. The van der Waals surface area contributed by atoms with Crippen molar-refractivity contribution >= 4 is 38.6 Å². The number of piperazine rings is 1. The molecule has 0 radical (unpaired) electrons. The fraction of sp³-hybridized carbons (Fsp3) is 0.545. The molecule has 1 aromatic heterocycles. The van der Waals surface area contributed by atoms with Gasteiger partial charge >= 0.3 is 0 Å². The van der Waals surface area contributed by atoms with Gasteiger partial charge < -0.3 is 10.6 Å². The van der Waals surface area contributed by atoms with Crippen LogP contribution in [0.5, 0.6) is 0 Å². The maximum absolute atomic E-state index is 12.5. The van der Waals surface area contributed by atoms with E-state index < -0.39 is 10.0 Å². The quantitative estimate of drug-likeness (QED) is 0.831. The summed E-state index contributed by atoms with van der Waals surface area (Å²) in [7, 11) is -1.42. The third kappa shape index (κ3) is 2.97. The molecule has 1 atom stereocenters. The molecular formula is C11H17N3O2S3. The van der Waals surface area contributed by atoms with Gasteiger partial charge in [-0.25, -0.2) is 8.42 Å². The minimum atomic E-state index is -3.42. The van der Waals surface area contributed by atoms with Gasteiger partial charge in [-0.3, -0.25) is 0 Å². The van der Waals surface area contributed by atoms with Crippen LogP contribution in [0.2, 0.25) is 0 Å². The van der Waals surface area contributed by atoms with Crippen LogP contribution in [-0.4, -0.2) is 55.3 Å². The molecule has 1 aliphatic heterocycles. The van der Waals surface area contributed by atoms with Crippen molar-refractivity contribution in [2.75, 3.05) is 26.7 Å². The Balaban J connectivity index is 2.24. The molecule has 1 fully saturated rings. The average molecular weight is 319 g/mol. The van der Waals surface area contributed by atoms with Crippen molar-refractivity contribution in [1.82, 2.24) is 9.21 Å². The molecule has 2 rings (SSSR count). The van der Waals surface area contributed by atoms with Crippen LogP contribution in [0.15, 0.2) is 16.3 Å². The highest BCUT2D eigenvalue weighted by molar-refractivity contribution is 7.91. The van der Waals surface area contributed by atoms with E-state index in [1.54, 1.807) is 12.1 Å². The average Bonchev–Trinajstić information content (AvgIpc) is 2.82. The first-order valence-electron chi connectivity index (χ1n) is 5.92. The van der Waals surface area contributed by atoms with E-state index in [4.69, 9.17) is 18.0 Å². The summed E-state index contributed by atoms with van der Waals surface area (Å²) in [6.45, 7) is 3.80. The molecule has 1 unspecified atom stereocenters. The van der Waals surface area contributed by atoms with E-state index in [9.17, 15) is 8.42 Å². The molecule has 1 saturated heterocycles. The highest BCUT2D eigenvalue weighted by Crippen LogP contribution is 2.26. The Bertz CT molecular complexity index is 582. The monoisotopic (exact) mass is 319 g/mol. The van der Waals surface area contributed by atoms with E-state index in [0.717, 1.165) is 17.9 Å². The second-order valence-corrected chi connectivity index (χ2v) is 8.36. The number of hydrogen-bond acceptors (Lipinski definition) is 5. The molecule has 0 spiro atoms. The maximum Gasteiger partial charge on any atom is 0.252 e. The van der Waals surface area contributed by atoms with Gasteiger partial charge in [-0.15, -0.1) is 11.3 Å². The van der Waals surface area contributed by atoms with E-state index in [2.05, 4.69) is 4.90 Å². The molecule has 0 saturated carbocycles. The summed E-state index contributed by atoms with van der Waals surface area (Å²) in [6, 6.07) is 3.47. The first kappa shape index (κ1) is 14.9. The predicted octanol–water partition coefficient (Wildman–Crippen LogP) is 0.707. The van der Waals surface area contributed by atoms with Crippen molar-refractivity contribution in [2.45, 2.75) is 17.2 Å². The zero-order valence-electron chi connectivity index (χ0n) is 10.9. The molecule has 2 N–H and O–H groups in total. The number of thiocarbonyl (C=S) groups is 1. The Labute approximate surface area is 123 Å². The number of likely N-dealkylation sites (N-methyl/N-ethyl adjacent to an activating group) is 1. The van der Waals surface area contributed by atoms with Crippen LogP contribution < -0.4 is 5.73 Å². The van der Waals surface area contributed by atoms with Gasteiger partial charge in [0, 0.05) is 25.7 Å².